The number of nitrogens with one attached hydrogen (secondary N) is 1. The van der Waals surface area contributed by atoms with Crippen LogP contribution >= 0.6 is 0 Å². The monoisotopic (exact) mass is 411 g/mol. The van der Waals surface area contributed by atoms with Gasteiger partial charge in [-0.25, -0.2) is 0 Å². The highest BCUT2D eigenvalue weighted by Gasteiger charge is 2.61. The van der Waals surface area contributed by atoms with Crippen LogP contribution in [0.1, 0.15) is 23.0 Å². The summed E-state index contributed by atoms with van der Waals surface area (Å²) in [4.78, 5) is 24.5. The van der Waals surface area contributed by atoms with E-state index in [0.29, 0.717) is 17.0 Å². The van der Waals surface area contributed by atoms with Gasteiger partial charge in [0.05, 0.1) is 12.2 Å². The zero-order chi connectivity index (χ0) is 21.3. The van der Waals surface area contributed by atoms with Gasteiger partial charge in [0.25, 0.3) is 5.91 Å². The number of hydrogen-bond acceptors (Lipinski definition) is 4. The van der Waals surface area contributed by atoms with Crippen LogP contribution in [0, 0.1) is 5.92 Å². The Morgan fingerprint density at radius 2 is 1.89 bits per heavy atom. The molecule has 28 heavy (non-hydrogen) atoms. The molecule has 0 saturated heterocycles. The minimum atomic E-state index is -5.22. The van der Waals surface area contributed by atoms with E-state index < -0.39 is 46.9 Å². The number of ether oxygens (including phenoxy) is 1. The van der Waals surface area contributed by atoms with Crippen LogP contribution in [0.15, 0.2) is 30.5 Å². The third-order valence-corrected chi connectivity index (χ3v) is 3.94. The molecule has 0 aromatic carbocycles. The third kappa shape index (κ3) is 3.90. The number of amides is 1. The Morgan fingerprint density at radius 1 is 1.25 bits per heavy atom. The maximum absolute atomic E-state index is 13.9. The standard InChI is InChI=1S/C16H15F6N3O3/c1-3-28-13(27)10-6-4-5-7-14(10,16(20,21)22)23-12(26)9-8-25(2)24-11(9)15(17,18)19/h4-8,10H,3H2,1-2H3,(H,23,26). The van der Waals surface area contributed by atoms with Crippen molar-refractivity contribution in [3.63, 3.8) is 0 Å². The van der Waals surface area contributed by atoms with Gasteiger partial charge in [-0.15, -0.1) is 0 Å². The Labute approximate surface area is 154 Å². The minimum absolute atomic E-state index is 0.227. The van der Waals surface area contributed by atoms with Crippen LogP contribution in [0.3, 0.4) is 0 Å². The summed E-state index contributed by atoms with van der Waals surface area (Å²) in [5.41, 5.74) is -6.04. The van der Waals surface area contributed by atoms with Gasteiger partial charge in [0.1, 0.15) is 5.92 Å². The van der Waals surface area contributed by atoms with Gasteiger partial charge in [-0.3, -0.25) is 14.3 Å². The molecular weight excluding hydrogens is 396 g/mol. The van der Waals surface area contributed by atoms with Gasteiger partial charge in [-0.2, -0.15) is 31.4 Å². The van der Waals surface area contributed by atoms with Crippen molar-refractivity contribution in [2.24, 2.45) is 13.0 Å². The lowest BCUT2D eigenvalue weighted by atomic mass is 9.79. The number of allylic oxidation sites excluding steroid dienone is 2. The lowest BCUT2D eigenvalue weighted by Crippen LogP contribution is -2.64. The fourth-order valence-electron chi connectivity index (χ4n) is 2.71. The van der Waals surface area contributed by atoms with E-state index in [0.717, 1.165) is 25.3 Å². The van der Waals surface area contributed by atoms with Crippen LogP contribution in [0.25, 0.3) is 0 Å². The van der Waals surface area contributed by atoms with Crippen LogP contribution in [-0.2, 0) is 22.8 Å². The van der Waals surface area contributed by atoms with E-state index in [1.54, 1.807) is 5.32 Å². The van der Waals surface area contributed by atoms with Gasteiger partial charge in [-0.05, 0) is 13.0 Å². The van der Waals surface area contributed by atoms with Crippen LogP contribution in [-0.4, -0.2) is 40.0 Å². The van der Waals surface area contributed by atoms with Gasteiger partial charge >= 0.3 is 18.3 Å². The fourth-order valence-corrected chi connectivity index (χ4v) is 2.71. The van der Waals surface area contributed by atoms with Crippen molar-refractivity contribution in [3.05, 3.63) is 41.8 Å². The highest BCUT2D eigenvalue weighted by Crippen LogP contribution is 2.41. The normalized spacial score (nSPS) is 22.2. The molecule has 2 atom stereocenters. The second-order valence-corrected chi connectivity index (χ2v) is 5.86. The summed E-state index contributed by atoms with van der Waals surface area (Å²) in [6, 6.07) is 0. The summed E-state index contributed by atoms with van der Waals surface area (Å²) in [7, 11) is 1.08. The highest BCUT2D eigenvalue weighted by molar-refractivity contribution is 5.96. The van der Waals surface area contributed by atoms with E-state index in [9.17, 15) is 35.9 Å². The molecule has 2 rings (SSSR count). The summed E-state index contributed by atoms with van der Waals surface area (Å²) in [5.74, 6) is -5.00. The van der Waals surface area contributed by atoms with Gasteiger partial charge in [-0.1, -0.05) is 18.2 Å². The van der Waals surface area contributed by atoms with Crippen molar-refractivity contribution >= 4 is 11.9 Å². The van der Waals surface area contributed by atoms with Crippen molar-refractivity contribution in [2.75, 3.05) is 6.61 Å². The molecule has 12 heteroatoms. The summed E-state index contributed by atoms with van der Waals surface area (Å²) in [5, 5.41) is 4.64. The molecule has 2 unspecified atom stereocenters. The number of nitrogens with zero attached hydrogens (tertiary/aromatic N) is 2. The Bertz CT molecular complexity index is 825. The molecule has 1 N–H and O–H groups in total. The molecule has 1 amide bonds. The zero-order valence-electron chi connectivity index (χ0n) is 14.6. The number of carbonyl (C=O) groups is 2. The van der Waals surface area contributed by atoms with Crippen molar-refractivity contribution < 1.29 is 40.7 Å². The Morgan fingerprint density at radius 3 is 2.43 bits per heavy atom. The maximum Gasteiger partial charge on any atom is 0.435 e. The van der Waals surface area contributed by atoms with Crippen LogP contribution in [0.4, 0.5) is 26.3 Å². The van der Waals surface area contributed by atoms with Crippen molar-refractivity contribution in [2.45, 2.75) is 24.8 Å². The zero-order valence-corrected chi connectivity index (χ0v) is 14.6. The number of aromatic nitrogens is 2. The maximum atomic E-state index is 13.9. The smallest absolute Gasteiger partial charge is 0.435 e. The molecule has 0 spiro atoms. The van der Waals surface area contributed by atoms with Gasteiger partial charge in [0, 0.05) is 13.2 Å². The minimum Gasteiger partial charge on any atom is -0.465 e. The molecule has 1 aliphatic carbocycles. The van der Waals surface area contributed by atoms with E-state index in [4.69, 9.17) is 0 Å². The van der Waals surface area contributed by atoms with E-state index in [-0.39, 0.29) is 6.61 Å². The van der Waals surface area contributed by atoms with Crippen LogP contribution in [0.5, 0.6) is 0 Å². The summed E-state index contributed by atoms with van der Waals surface area (Å²) >= 11 is 0. The third-order valence-electron chi connectivity index (χ3n) is 3.94. The van der Waals surface area contributed by atoms with Crippen molar-refractivity contribution in [1.82, 2.24) is 15.1 Å². The number of hydrogen-bond donors (Lipinski definition) is 1. The van der Waals surface area contributed by atoms with Gasteiger partial charge < -0.3 is 10.1 Å². The molecular formula is C16H15F6N3O3. The molecule has 154 valence electrons. The molecule has 1 aromatic rings. The molecule has 1 heterocycles. The Hall–Kier alpha value is -2.79. The van der Waals surface area contributed by atoms with Crippen molar-refractivity contribution in [1.29, 1.82) is 0 Å². The molecule has 0 radical (unpaired) electrons. The number of alkyl halides is 6. The molecule has 0 bridgehead atoms. The first-order chi connectivity index (χ1) is 12.8. The summed E-state index contributed by atoms with van der Waals surface area (Å²) in [6.45, 7) is 1.15. The fraction of sp³-hybridized carbons (Fsp3) is 0.438. The SMILES string of the molecule is CCOC(=O)C1C=CC=CC1(NC(=O)c1cn(C)nc1C(F)(F)F)C(F)(F)F. The number of halogens is 6. The second kappa shape index (κ2) is 7.32. The van der Waals surface area contributed by atoms with E-state index >= 15 is 0 Å². The van der Waals surface area contributed by atoms with Crippen molar-refractivity contribution in [3.8, 4) is 0 Å². The molecule has 6 nitrogen and oxygen atoms in total. The quantitative estimate of drug-likeness (QED) is 0.611. The lowest BCUT2D eigenvalue weighted by molar-refractivity contribution is -0.197. The molecule has 0 aliphatic heterocycles. The first-order valence-corrected chi connectivity index (χ1v) is 7.86. The topological polar surface area (TPSA) is 73.2 Å². The lowest BCUT2D eigenvalue weighted by Gasteiger charge is -2.39. The van der Waals surface area contributed by atoms with Gasteiger partial charge in [0.15, 0.2) is 11.2 Å². The first-order valence-electron chi connectivity index (χ1n) is 7.86. The van der Waals surface area contributed by atoms with E-state index in [2.05, 4.69) is 9.84 Å². The summed E-state index contributed by atoms with van der Waals surface area (Å²) < 4.78 is 86.2. The van der Waals surface area contributed by atoms with Crippen LogP contribution in [0.2, 0.25) is 0 Å². The van der Waals surface area contributed by atoms with E-state index in [1.165, 1.54) is 6.92 Å². The molecule has 1 aromatic heterocycles. The molecule has 1 aliphatic rings. The number of carbonyl (C=O) groups excluding carboxylic acids is 2. The Balaban J connectivity index is 2.52. The average Bonchev–Trinajstić information content (AvgIpc) is 2.97. The second-order valence-electron chi connectivity index (χ2n) is 5.86. The predicted molar refractivity (Wildman–Crippen MR) is 82.9 cm³/mol. The first kappa shape index (κ1) is 21.5. The van der Waals surface area contributed by atoms with E-state index in [1.807, 2.05) is 0 Å². The number of aryl methyl sites for hydroxylation is 1. The summed E-state index contributed by atoms with van der Waals surface area (Å²) in [6.07, 6.45) is -6.22. The number of esters is 1. The average molecular weight is 411 g/mol. The number of rotatable bonds is 4. The predicted octanol–water partition coefficient (Wildman–Crippen LogP) is 2.78. The largest absolute Gasteiger partial charge is 0.465 e. The molecule has 0 fully saturated rings. The Kier molecular flexibility index (Phi) is 5.62. The highest BCUT2D eigenvalue weighted by atomic mass is 19.4. The van der Waals surface area contributed by atoms with Gasteiger partial charge in [0.2, 0.25) is 0 Å². The molecule has 0 saturated carbocycles. The van der Waals surface area contributed by atoms with Crippen LogP contribution < -0.4 is 5.32 Å².